The van der Waals surface area contributed by atoms with Gasteiger partial charge in [0.15, 0.2) is 6.35 Å². The smallest absolute Gasteiger partial charge is 0.223 e. The number of aliphatic hydroxyl groups is 1. The van der Waals surface area contributed by atoms with Crippen molar-refractivity contribution in [1.29, 1.82) is 0 Å². The summed E-state index contributed by atoms with van der Waals surface area (Å²) in [5.74, 6) is 1.08. The molecule has 1 aliphatic carbocycles. The van der Waals surface area contributed by atoms with Gasteiger partial charge in [0, 0.05) is 24.0 Å². The molecule has 1 fully saturated rings. The summed E-state index contributed by atoms with van der Waals surface area (Å²) in [7, 11) is 0. The maximum atomic E-state index is 10.3. The molecule has 158 valence electrons. The maximum absolute atomic E-state index is 10.3. The van der Waals surface area contributed by atoms with E-state index in [2.05, 4.69) is 36.1 Å². The summed E-state index contributed by atoms with van der Waals surface area (Å²) in [6.45, 7) is 2.02. The molecule has 1 saturated carbocycles. The normalized spacial score (nSPS) is 19.9. The summed E-state index contributed by atoms with van der Waals surface area (Å²) < 4.78 is 0. The Hall–Kier alpha value is -3.17. The van der Waals surface area contributed by atoms with Gasteiger partial charge in [-0.05, 0) is 50.3 Å². The number of aliphatic hydroxyl groups excluding tert-OH is 1. The summed E-state index contributed by atoms with van der Waals surface area (Å²) >= 11 is 0. The van der Waals surface area contributed by atoms with E-state index in [1.54, 1.807) is 12.4 Å². The van der Waals surface area contributed by atoms with E-state index in [0.717, 1.165) is 48.2 Å². The Bertz CT molecular complexity index is 967. The minimum atomic E-state index is -0.777. The van der Waals surface area contributed by atoms with E-state index in [1.807, 2.05) is 37.3 Å². The number of para-hydroxylation sites is 1. The standard InChI is InChI=1S/C21H28N8O/c1-13-4-2-3-5-17(13)28-21(30)26-15-8-6-14(7-9-15)25-20-23-11-10-18(27-20)16-12-24-29-19(16)22/h2-5,10-12,14-15,21,26,28,30H,6-9H2,1H3,(H3,22,24,29)(H,23,25,27). The van der Waals surface area contributed by atoms with Gasteiger partial charge in [0.2, 0.25) is 5.95 Å². The second-order valence-corrected chi connectivity index (χ2v) is 7.68. The topological polar surface area (TPSA) is 137 Å². The molecule has 3 aromatic rings. The second kappa shape index (κ2) is 9.10. The molecule has 1 atom stereocenters. The minimum Gasteiger partial charge on any atom is -0.384 e. The van der Waals surface area contributed by atoms with Gasteiger partial charge in [0.1, 0.15) is 5.82 Å². The number of rotatable bonds is 7. The fourth-order valence-electron chi connectivity index (χ4n) is 3.81. The Morgan fingerprint density at radius 2 is 1.90 bits per heavy atom. The van der Waals surface area contributed by atoms with Crippen molar-refractivity contribution in [2.75, 3.05) is 16.4 Å². The molecule has 2 heterocycles. The monoisotopic (exact) mass is 408 g/mol. The molecule has 30 heavy (non-hydrogen) atoms. The molecule has 0 saturated heterocycles. The van der Waals surface area contributed by atoms with Crippen molar-refractivity contribution in [1.82, 2.24) is 25.5 Å². The number of nitrogens with two attached hydrogens (primary N) is 1. The molecule has 0 amide bonds. The lowest BCUT2D eigenvalue weighted by atomic mass is 9.91. The molecule has 0 radical (unpaired) electrons. The number of benzene rings is 1. The molecular formula is C21H28N8O. The Kier molecular flexibility index (Phi) is 6.10. The van der Waals surface area contributed by atoms with Crippen LogP contribution < -0.4 is 21.7 Å². The first-order valence-corrected chi connectivity index (χ1v) is 10.2. The first kappa shape index (κ1) is 20.1. The Labute approximate surface area is 175 Å². The first-order chi connectivity index (χ1) is 14.6. The molecule has 1 aromatic carbocycles. The molecule has 7 N–H and O–H groups in total. The Balaban J connectivity index is 1.27. The summed E-state index contributed by atoms with van der Waals surface area (Å²) in [4.78, 5) is 8.90. The number of nitrogens with zero attached hydrogens (tertiary/aromatic N) is 3. The number of aromatic nitrogens is 4. The van der Waals surface area contributed by atoms with E-state index >= 15 is 0 Å². The van der Waals surface area contributed by atoms with E-state index < -0.39 is 6.35 Å². The van der Waals surface area contributed by atoms with Crippen molar-refractivity contribution >= 4 is 17.5 Å². The number of hydrogen-bond donors (Lipinski definition) is 6. The van der Waals surface area contributed by atoms with Crippen LogP contribution in [0, 0.1) is 6.92 Å². The van der Waals surface area contributed by atoms with E-state index in [1.165, 1.54) is 0 Å². The molecule has 2 aromatic heterocycles. The predicted octanol–water partition coefficient (Wildman–Crippen LogP) is 2.46. The zero-order valence-corrected chi connectivity index (χ0v) is 17.0. The van der Waals surface area contributed by atoms with Gasteiger partial charge >= 0.3 is 0 Å². The highest BCUT2D eigenvalue weighted by Crippen LogP contribution is 2.24. The third kappa shape index (κ3) is 4.87. The Morgan fingerprint density at radius 1 is 1.13 bits per heavy atom. The van der Waals surface area contributed by atoms with Crippen LogP contribution in [-0.2, 0) is 0 Å². The van der Waals surface area contributed by atoms with Crippen molar-refractivity contribution in [2.45, 2.75) is 51.0 Å². The number of aromatic amines is 1. The van der Waals surface area contributed by atoms with Gasteiger partial charge in [-0.2, -0.15) is 5.10 Å². The highest BCUT2D eigenvalue weighted by molar-refractivity contribution is 5.70. The molecular weight excluding hydrogens is 380 g/mol. The molecule has 1 unspecified atom stereocenters. The number of nitrogen functional groups attached to an aromatic ring is 1. The highest BCUT2D eigenvalue weighted by Gasteiger charge is 2.23. The third-order valence-corrected chi connectivity index (χ3v) is 5.49. The van der Waals surface area contributed by atoms with Crippen LogP contribution in [0.3, 0.4) is 0 Å². The second-order valence-electron chi connectivity index (χ2n) is 7.68. The highest BCUT2D eigenvalue weighted by atomic mass is 16.3. The predicted molar refractivity (Wildman–Crippen MR) is 118 cm³/mol. The number of anilines is 3. The van der Waals surface area contributed by atoms with Crippen LogP contribution in [0.25, 0.3) is 11.3 Å². The number of aryl methyl sites for hydroxylation is 1. The molecule has 9 heteroatoms. The van der Waals surface area contributed by atoms with Crippen LogP contribution in [0.1, 0.15) is 31.2 Å². The van der Waals surface area contributed by atoms with E-state index in [-0.39, 0.29) is 6.04 Å². The fraction of sp³-hybridized carbons (Fsp3) is 0.381. The van der Waals surface area contributed by atoms with Gasteiger partial charge < -0.3 is 21.5 Å². The molecule has 1 aliphatic rings. The van der Waals surface area contributed by atoms with Crippen molar-refractivity contribution in [2.24, 2.45) is 0 Å². The lowest BCUT2D eigenvalue weighted by Gasteiger charge is -2.31. The van der Waals surface area contributed by atoms with Crippen LogP contribution >= 0.6 is 0 Å². The van der Waals surface area contributed by atoms with Gasteiger partial charge in [-0.15, -0.1) is 0 Å². The third-order valence-electron chi connectivity index (χ3n) is 5.49. The average Bonchev–Trinajstić information content (AvgIpc) is 3.17. The van der Waals surface area contributed by atoms with Gasteiger partial charge in [-0.25, -0.2) is 9.97 Å². The molecule has 9 nitrogen and oxygen atoms in total. The lowest BCUT2D eigenvalue weighted by molar-refractivity contribution is 0.137. The fourth-order valence-corrected chi connectivity index (χ4v) is 3.81. The number of hydrogen-bond acceptors (Lipinski definition) is 8. The SMILES string of the molecule is Cc1ccccc1NC(O)NC1CCC(Nc2nccc(-c3cn[nH]c3N)n2)CC1. The molecule has 0 aliphatic heterocycles. The quantitative estimate of drug-likeness (QED) is 0.328. The van der Waals surface area contributed by atoms with E-state index in [4.69, 9.17) is 5.73 Å². The molecule has 0 bridgehead atoms. The summed E-state index contributed by atoms with van der Waals surface area (Å²) in [6, 6.07) is 10.3. The number of nitrogens with one attached hydrogen (secondary N) is 4. The van der Waals surface area contributed by atoms with Crippen molar-refractivity contribution in [3.63, 3.8) is 0 Å². The van der Waals surface area contributed by atoms with Crippen LogP contribution in [0.2, 0.25) is 0 Å². The first-order valence-electron chi connectivity index (χ1n) is 10.2. The van der Waals surface area contributed by atoms with Gasteiger partial charge in [0.25, 0.3) is 0 Å². The van der Waals surface area contributed by atoms with Crippen molar-refractivity contribution in [3.8, 4) is 11.3 Å². The van der Waals surface area contributed by atoms with Crippen LogP contribution in [0.4, 0.5) is 17.5 Å². The zero-order valence-electron chi connectivity index (χ0n) is 17.0. The lowest BCUT2D eigenvalue weighted by Crippen LogP contribution is -2.46. The molecule has 0 spiro atoms. The van der Waals surface area contributed by atoms with Gasteiger partial charge in [0.05, 0.1) is 17.5 Å². The van der Waals surface area contributed by atoms with Crippen LogP contribution in [0.15, 0.2) is 42.7 Å². The van der Waals surface area contributed by atoms with Crippen molar-refractivity contribution < 1.29 is 5.11 Å². The minimum absolute atomic E-state index is 0.257. The zero-order chi connectivity index (χ0) is 20.9. The van der Waals surface area contributed by atoms with Crippen molar-refractivity contribution in [3.05, 3.63) is 48.3 Å². The molecule has 4 rings (SSSR count). The Morgan fingerprint density at radius 3 is 2.63 bits per heavy atom. The maximum Gasteiger partial charge on any atom is 0.223 e. The summed E-state index contributed by atoms with van der Waals surface area (Å²) in [5, 5.41) is 26.8. The summed E-state index contributed by atoms with van der Waals surface area (Å²) in [6.07, 6.45) is 6.46. The van der Waals surface area contributed by atoms with E-state index in [9.17, 15) is 5.11 Å². The van der Waals surface area contributed by atoms with Gasteiger partial charge in [-0.1, -0.05) is 18.2 Å². The average molecular weight is 409 g/mol. The van der Waals surface area contributed by atoms with Crippen LogP contribution in [-0.4, -0.2) is 43.7 Å². The summed E-state index contributed by atoms with van der Waals surface area (Å²) in [5.41, 5.74) is 9.43. The van der Waals surface area contributed by atoms with E-state index in [0.29, 0.717) is 17.8 Å². The largest absolute Gasteiger partial charge is 0.384 e. The van der Waals surface area contributed by atoms with Gasteiger partial charge in [-0.3, -0.25) is 10.4 Å². The van der Waals surface area contributed by atoms with Crippen LogP contribution in [0.5, 0.6) is 0 Å². The number of H-pyrrole nitrogens is 1.